The summed E-state index contributed by atoms with van der Waals surface area (Å²) in [6, 6.07) is 11.3. The number of aromatic hydroxyl groups is 1. The number of ketones is 1. The molecule has 5 rings (SSSR count). The predicted octanol–water partition coefficient (Wildman–Crippen LogP) is 3.80. The van der Waals surface area contributed by atoms with Crippen LogP contribution in [0.15, 0.2) is 36.4 Å². The summed E-state index contributed by atoms with van der Waals surface area (Å²) in [5, 5.41) is 13.2. The Kier molecular flexibility index (Phi) is 8.46. The van der Waals surface area contributed by atoms with Gasteiger partial charge in [0.1, 0.15) is 11.5 Å². The number of rotatable bonds is 5. The summed E-state index contributed by atoms with van der Waals surface area (Å²) in [6.45, 7) is 5.64. The van der Waals surface area contributed by atoms with Crippen molar-refractivity contribution in [3.05, 3.63) is 58.7 Å². The number of anilines is 1. The first-order chi connectivity index (χ1) is 19.7. The van der Waals surface area contributed by atoms with Gasteiger partial charge in [-0.2, -0.15) is 0 Å². The van der Waals surface area contributed by atoms with E-state index in [9.17, 15) is 24.3 Å². The molecular formula is C31H38N4O6. The highest BCUT2D eigenvalue weighted by atomic mass is 16.6. The highest BCUT2D eigenvalue weighted by Crippen LogP contribution is 2.27. The number of nitrogens with one attached hydrogen (secondary N) is 1. The quantitative estimate of drug-likeness (QED) is 0.572. The van der Waals surface area contributed by atoms with Gasteiger partial charge in [0, 0.05) is 63.7 Å². The monoisotopic (exact) mass is 562 g/mol. The fraction of sp³-hybridized carbons (Fsp3) is 0.484. The number of likely N-dealkylation sites (tertiary alicyclic amines) is 2. The van der Waals surface area contributed by atoms with E-state index in [1.165, 1.54) is 0 Å². The summed E-state index contributed by atoms with van der Waals surface area (Å²) < 4.78 is 5.87. The van der Waals surface area contributed by atoms with Crippen molar-refractivity contribution >= 4 is 29.5 Å². The Balaban J connectivity index is 1.23. The molecule has 0 bridgehead atoms. The fourth-order valence-corrected chi connectivity index (χ4v) is 6.03. The van der Waals surface area contributed by atoms with Crippen molar-refractivity contribution in [1.29, 1.82) is 0 Å². The van der Waals surface area contributed by atoms with Crippen molar-refractivity contribution in [3.63, 3.8) is 0 Å². The van der Waals surface area contributed by atoms with E-state index in [0.717, 1.165) is 23.2 Å². The van der Waals surface area contributed by atoms with Crippen molar-refractivity contribution in [2.24, 2.45) is 0 Å². The SMILES string of the molecule is Cc1cc(CC(OC(=O)N2CCC(N3CCc4ccccc4NC3=O)CC2)C(=O)N2CCC(=O)CC2)cc(C)c1O. The van der Waals surface area contributed by atoms with E-state index in [0.29, 0.717) is 69.5 Å². The van der Waals surface area contributed by atoms with Gasteiger partial charge >= 0.3 is 12.1 Å². The maximum Gasteiger partial charge on any atom is 0.410 e. The summed E-state index contributed by atoms with van der Waals surface area (Å²) in [5.41, 5.74) is 4.10. The zero-order chi connectivity index (χ0) is 29.1. The molecule has 218 valence electrons. The number of hydrogen-bond acceptors (Lipinski definition) is 6. The number of amides is 4. The molecular weight excluding hydrogens is 524 g/mol. The third-order valence-corrected chi connectivity index (χ3v) is 8.43. The standard InChI is InChI=1S/C31H38N4O6/c1-20-17-22(18-21(2)28(20)37)19-27(29(38)33-14-10-25(36)11-15-33)41-31(40)34-12-8-24(9-13-34)35-16-7-23-5-3-4-6-26(23)32-30(35)39/h3-6,17-18,24,27,37H,7-16,19H2,1-2H3,(H,32,39). The smallest absolute Gasteiger partial charge is 0.410 e. The second-order valence-electron chi connectivity index (χ2n) is 11.3. The number of nitrogens with zero attached hydrogens (tertiary/aromatic N) is 3. The number of phenols is 1. The number of hydrogen-bond donors (Lipinski definition) is 2. The number of para-hydroxylation sites is 1. The van der Waals surface area contributed by atoms with E-state index >= 15 is 0 Å². The molecule has 0 saturated carbocycles. The van der Waals surface area contributed by atoms with Gasteiger partial charge in [-0.3, -0.25) is 9.59 Å². The van der Waals surface area contributed by atoms with E-state index in [1.54, 1.807) is 35.8 Å². The second kappa shape index (κ2) is 12.2. The molecule has 2 aromatic carbocycles. The molecule has 3 heterocycles. The Morgan fingerprint density at radius 1 is 0.951 bits per heavy atom. The molecule has 3 aliphatic heterocycles. The molecule has 1 unspecified atom stereocenters. The van der Waals surface area contributed by atoms with Gasteiger partial charge in [0.05, 0.1) is 0 Å². The minimum absolute atomic E-state index is 0.000347. The number of carbonyl (C=O) groups is 4. The Hall–Kier alpha value is -4.08. The highest BCUT2D eigenvalue weighted by Gasteiger charge is 2.35. The van der Waals surface area contributed by atoms with Crippen LogP contribution in [-0.4, -0.2) is 88.5 Å². The highest BCUT2D eigenvalue weighted by molar-refractivity contribution is 5.91. The largest absolute Gasteiger partial charge is 0.507 e. The minimum Gasteiger partial charge on any atom is -0.507 e. The Morgan fingerprint density at radius 3 is 2.29 bits per heavy atom. The van der Waals surface area contributed by atoms with Crippen molar-refractivity contribution in [3.8, 4) is 5.75 Å². The fourth-order valence-electron chi connectivity index (χ4n) is 6.03. The Bertz CT molecular complexity index is 1300. The lowest BCUT2D eigenvalue weighted by Crippen LogP contribution is -2.51. The number of aryl methyl sites for hydroxylation is 2. The molecule has 41 heavy (non-hydrogen) atoms. The summed E-state index contributed by atoms with van der Waals surface area (Å²) >= 11 is 0. The van der Waals surface area contributed by atoms with Crippen LogP contribution in [0, 0.1) is 13.8 Å². The molecule has 0 aromatic heterocycles. The normalized spacial score (nSPS) is 18.8. The van der Waals surface area contributed by atoms with Crippen LogP contribution in [0.1, 0.15) is 47.9 Å². The number of ether oxygens (including phenoxy) is 1. The van der Waals surface area contributed by atoms with Gasteiger partial charge in [0.15, 0.2) is 6.10 Å². The minimum atomic E-state index is -1.05. The number of benzene rings is 2. The average Bonchev–Trinajstić information content (AvgIpc) is 3.13. The molecule has 0 aliphatic carbocycles. The molecule has 2 fully saturated rings. The first-order valence-electron chi connectivity index (χ1n) is 14.4. The van der Waals surface area contributed by atoms with Crippen LogP contribution in [0.5, 0.6) is 5.75 Å². The van der Waals surface area contributed by atoms with Gasteiger partial charge < -0.3 is 29.9 Å². The molecule has 10 heteroatoms. The summed E-state index contributed by atoms with van der Waals surface area (Å²) in [7, 11) is 0. The van der Waals surface area contributed by atoms with Crippen LogP contribution in [0.25, 0.3) is 0 Å². The molecule has 2 saturated heterocycles. The Labute approximate surface area is 240 Å². The molecule has 2 N–H and O–H groups in total. The molecule has 4 amide bonds. The summed E-state index contributed by atoms with van der Waals surface area (Å²) in [5.74, 6) is 0.00940. The number of piperidine rings is 2. The second-order valence-corrected chi connectivity index (χ2v) is 11.3. The van der Waals surface area contributed by atoms with Crippen LogP contribution in [-0.2, 0) is 27.2 Å². The van der Waals surface area contributed by atoms with E-state index < -0.39 is 12.2 Å². The van der Waals surface area contributed by atoms with Gasteiger partial charge in [-0.05, 0) is 61.4 Å². The number of fused-ring (bicyclic) bond motifs is 1. The van der Waals surface area contributed by atoms with Crippen LogP contribution in [0.3, 0.4) is 0 Å². The number of Topliss-reactive ketones (excluding diaryl/α,β-unsaturated/α-hetero) is 1. The summed E-state index contributed by atoms with van der Waals surface area (Å²) in [6.07, 6.45) is 1.14. The van der Waals surface area contributed by atoms with Crippen LogP contribution in [0.2, 0.25) is 0 Å². The summed E-state index contributed by atoms with van der Waals surface area (Å²) in [4.78, 5) is 56.6. The lowest BCUT2D eigenvalue weighted by molar-refractivity contribution is -0.143. The Morgan fingerprint density at radius 2 is 1.61 bits per heavy atom. The van der Waals surface area contributed by atoms with E-state index in [4.69, 9.17) is 4.74 Å². The topological polar surface area (TPSA) is 119 Å². The van der Waals surface area contributed by atoms with Crippen LogP contribution in [0.4, 0.5) is 15.3 Å². The van der Waals surface area contributed by atoms with Crippen molar-refractivity contribution in [2.75, 3.05) is 38.0 Å². The van der Waals surface area contributed by atoms with E-state index in [2.05, 4.69) is 5.32 Å². The zero-order valence-corrected chi connectivity index (χ0v) is 23.7. The van der Waals surface area contributed by atoms with Gasteiger partial charge in [0.2, 0.25) is 0 Å². The van der Waals surface area contributed by atoms with Crippen LogP contribution >= 0.6 is 0 Å². The van der Waals surface area contributed by atoms with Gasteiger partial charge in [-0.25, -0.2) is 9.59 Å². The molecule has 0 spiro atoms. The third-order valence-electron chi connectivity index (χ3n) is 8.43. The number of urea groups is 1. The zero-order valence-electron chi connectivity index (χ0n) is 23.7. The van der Waals surface area contributed by atoms with E-state index in [-0.39, 0.29) is 35.9 Å². The lowest BCUT2D eigenvalue weighted by atomic mass is 10.00. The van der Waals surface area contributed by atoms with Crippen molar-refractivity contribution < 1.29 is 29.0 Å². The first-order valence-corrected chi connectivity index (χ1v) is 14.4. The molecule has 1 atom stereocenters. The van der Waals surface area contributed by atoms with Crippen molar-refractivity contribution in [2.45, 2.75) is 64.5 Å². The van der Waals surface area contributed by atoms with Gasteiger partial charge in [-0.1, -0.05) is 30.3 Å². The number of phenolic OH excluding ortho intramolecular Hbond substituents is 1. The first kappa shape index (κ1) is 28.4. The predicted molar refractivity (Wildman–Crippen MR) is 153 cm³/mol. The molecule has 3 aliphatic rings. The van der Waals surface area contributed by atoms with Gasteiger partial charge in [0.25, 0.3) is 5.91 Å². The third kappa shape index (κ3) is 6.47. The van der Waals surface area contributed by atoms with Gasteiger partial charge in [-0.15, -0.1) is 0 Å². The molecule has 0 radical (unpaired) electrons. The molecule has 2 aromatic rings. The van der Waals surface area contributed by atoms with Crippen LogP contribution < -0.4 is 5.32 Å². The maximum absolute atomic E-state index is 13.5. The average molecular weight is 563 g/mol. The lowest BCUT2D eigenvalue weighted by Gasteiger charge is -2.38. The number of carbonyl (C=O) groups excluding carboxylic acids is 4. The maximum atomic E-state index is 13.5. The van der Waals surface area contributed by atoms with E-state index in [1.807, 2.05) is 29.2 Å². The molecule has 10 nitrogen and oxygen atoms in total. The van der Waals surface area contributed by atoms with Crippen molar-refractivity contribution in [1.82, 2.24) is 14.7 Å².